The molecular formula is C15H22ClN3O4S3. The summed E-state index contributed by atoms with van der Waals surface area (Å²) in [5.74, 6) is 1.24. The summed E-state index contributed by atoms with van der Waals surface area (Å²) in [6.45, 7) is 3.66. The van der Waals surface area contributed by atoms with Crippen LogP contribution in [0, 0.1) is 0 Å². The lowest BCUT2D eigenvalue weighted by molar-refractivity contribution is 0.377. The standard InChI is InChI=1S/C15H22ClN3O4S3/c1-6-7-24-10-15-18(4)12-8-11(16)13(25(20,21)17(2)3)9-14(12)26(22,23)19(15)5/h6,8-9,15H,1,7,10H2,2-5H3. The van der Waals surface area contributed by atoms with Gasteiger partial charge < -0.3 is 4.90 Å². The number of fused-ring (bicyclic) bond motifs is 1. The van der Waals surface area contributed by atoms with Gasteiger partial charge in [-0.15, -0.1) is 6.58 Å². The van der Waals surface area contributed by atoms with E-state index in [1.54, 1.807) is 29.8 Å². The Labute approximate surface area is 164 Å². The first kappa shape index (κ1) is 21.5. The Balaban J connectivity index is 2.63. The Morgan fingerprint density at radius 1 is 1.35 bits per heavy atom. The Hall–Kier alpha value is -0.780. The average Bonchev–Trinajstić information content (AvgIpc) is 2.55. The van der Waals surface area contributed by atoms with E-state index in [0.29, 0.717) is 17.2 Å². The lowest BCUT2D eigenvalue weighted by Crippen LogP contribution is -2.53. The predicted octanol–water partition coefficient (Wildman–Crippen LogP) is 1.91. The fourth-order valence-corrected chi connectivity index (χ4v) is 6.72. The SMILES string of the molecule is C=CCSCC1N(C)c2cc(Cl)c(S(=O)(=O)N(C)C)cc2S(=O)(=O)N1C. The molecule has 26 heavy (non-hydrogen) atoms. The summed E-state index contributed by atoms with van der Waals surface area (Å²) in [5, 5.41) is -0.0125. The Morgan fingerprint density at radius 3 is 2.50 bits per heavy atom. The Kier molecular flexibility index (Phi) is 6.36. The van der Waals surface area contributed by atoms with Crippen LogP contribution in [0.4, 0.5) is 5.69 Å². The van der Waals surface area contributed by atoms with Gasteiger partial charge in [-0.1, -0.05) is 17.7 Å². The van der Waals surface area contributed by atoms with Crippen molar-refractivity contribution in [1.82, 2.24) is 8.61 Å². The summed E-state index contributed by atoms with van der Waals surface area (Å²) in [5.41, 5.74) is 0.384. The third-order valence-corrected chi connectivity index (χ3v) is 9.35. The van der Waals surface area contributed by atoms with Crippen LogP contribution in [0.25, 0.3) is 0 Å². The molecule has 0 aromatic heterocycles. The average molecular weight is 440 g/mol. The molecule has 146 valence electrons. The summed E-state index contributed by atoms with van der Waals surface area (Å²) in [7, 11) is -1.74. The first-order chi connectivity index (χ1) is 12.0. The van der Waals surface area contributed by atoms with E-state index >= 15 is 0 Å². The van der Waals surface area contributed by atoms with Gasteiger partial charge in [0.05, 0.1) is 10.7 Å². The van der Waals surface area contributed by atoms with E-state index in [9.17, 15) is 16.8 Å². The number of anilines is 1. The molecular weight excluding hydrogens is 418 g/mol. The second-order valence-corrected chi connectivity index (χ2v) is 11.5. The van der Waals surface area contributed by atoms with Gasteiger partial charge in [0.1, 0.15) is 16.0 Å². The number of thioether (sulfide) groups is 1. The zero-order chi connectivity index (χ0) is 19.9. The van der Waals surface area contributed by atoms with E-state index in [1.165, 1.54) is 31.5 Å². The Bertz CT molecular complexity index is 916. The van der Waals surface area contributed by atoms with E-state index < -0.39 is 26.2 Å². The third kappa shape index (κ3) is 3.63. The van der Waals surface area contributed by atoms with Gasteiger partial charge in [0.2, 0.25) is 20.0 Å². The lowest BCUT2D eigenvalue weighted by atomic mass is 10.2. The summed E-state index contributed by atoms with van der Waals surface area (Å²) in [6, 6.07) is 2.55. The summed E-state index contributed by atoms with van der Waals surface area (Å²) >= 11 is 7.76. The minimum Gasteiger partial charge on any atom is -0.356 e. The second-order valence-electron chi connectivity index (χ2n) is 5.98. The van der Waals surface area contributed by atoms with Crippen molar-refractivity contribution in [3.63, 3.8) is 0 Å². The maximum atomic E-state index is 13.0. The van der Waals surface area contributed by atoms with E-state index in [2.05, 4.69) is 6.58 Å². The maximum absolute atomic E-state index is 13.0. The smallest absolute Gasteiger partial charge is 0.246 e. The molecule has 0 saturated heterocycles. The van der Waals surface area contributed by atoms with E-state index in [0.717, 1.165) is 10.4 Å². The minimum atomic E-state index is -3.87. The van der Waals surface area contributed by atoms with Gasteiger partial charge in [0.25, 0.3) is 0 Å². The van der Waals surface area contributed by atoms with Gasteiger partial charge in [-0.2, -0.15) is 16.1 Å². The summed E-state index contributed by atoms with van der Waals surface area (Å²) in [6.07, 6.45) is 1.34. The molecule has 0 saturated carbocycles. The molecule has 1 atom stereocenters. The molecule has 0 bridgehead atoms. The molecule has 1 aromatic rings. The third-order valence-electron chi connectivity index (χ3n) is 4.18. The van der Waals surface area contributed by atoms with E-state index in [-0.39, 0.29) is 14.8 Å². The fourth-order valence-electron chi connectivity index (χ4n) is 2.59. The van der Waals surface area contributed by atoms with Crippen molar-refractivity contribution in [3.8, 4) is 0 Å². The monoisotopic (exact) mass is 439 g/mol. The molecule has 1 unspecified atom stereocenters. The van der Waals surface area contributed by atoms with Crippen LogP contribution in [0.3, 0.4) is 0 Å². The molecule has 0 amide bonds. The second kappa shape index (κ2) is 7.69. The molecule has 0 radical (unpaired) electrons. The normalized spacial score (nSPS) is 20.2. The van der Waals surface area contributed by atoms with Crippen LogP contribution in [0.1, 0.15) is 0 Å². The number of hydrogen-bond acceptors (Lipinski definition) is 6. The van der Waals surface area contributed by atoms with Crippen molar-refractivity contribution in [2.45, 2.75) is 16.0 Å². The number of hydrogen-bond donors (Lipinski definition) is 0. The molecule has 0 spiro atoms. The molecule has 0 fully saturated rings. The van der Waals surface area contributed by atoms with Crippen molar-refractivity contribution in [2.24, 2.45) is 0 Å². The first-order valence-electron chi connectivity index (χ1n) is 7.61. The quantitative estimate of drug-likeness (QED) is 0.497. The topological polar surface area (TPSA) is 78.0 Å². The van der Waals surface area contributed by atoms with Crippen molar-refractivity contribution < 1.29 is 16.8 Å². The predicted molar refractivity (Wildman–Crippen MR) is 107 cm³/mol. The lowest BCUT2D eigenvalue weighted by Gasteiger charge is -2.41. The van der Waals surface area contributed by atoms with Crippen molar-refractivity contribution in [2.75, 3.05) is 44.6 Å². The van der Waals surface area contributed by atoms with Gasteiger partial charge >= 0.3 is 0 Å². The highest BCUT2D eigenvalue weighted by atomic mass is 35.5. The van der Waals surface area contributed by atoms with E-state index in [1.807, 2.05) is 0 Å². The molecule has 7 nitrogen and oxygen atoms in total. The summed E-state index contributed by atoms with van der Waals surface area (Å²) < 4.78 is 53.1. The highest BCUT2D eigenvalue weighted by Gasteiger charge is 2.40. The van der Waals surface area contributed by atoms with Crippen LogP contribution in [-0.4, -0.2) is 71.3 Å². The van der Waals surface area contributed by atoms with Crippen molar-refractivity contribution in [3.05, 3.63) is 29.8 Å². The number of sulfonamides is 2. The first-order valence-corrected chi connectivity index (χ1v) is 12.0. The van der Waals surface area contributed by atoms with Crippen LogP contribution in [0.5, 0.6) is 0 Å². The number of halogens is 1. The highest BCUT2D eigenvalue weighted by Crippen LogP contribution is 2.40. The van der Waals surface area contributed by atoms with E-state index in [4.69, 9.17) is 11.6 Å². The van der Waals surface area contributed by atoms with Crippen LogP contribution < -0.4 is 4.90 Å². The molecule has 1 aromatic carbocycles. The zero-order valence-corrected chi connectivity index (χ0v) is 18.2. The highest BCUT2D eigenvalue weighted by molar-refractivity contribution is 7.99. The summed E-state index contributed by atoms with van der Waals surface area (Å²) in [4.78, 5) is 1.50. The zero-order valence-electron chi connectivity index (χ0n) is 15.0. The van der Waals surface area contributed by atoms with Gasteiger partial charge in [-0.05, 0) is 12.1 Å². The molecule has 1 aliphatic heterocycles. The number of nitrogens with zero attached hydrogens (tertiary/aromatic N) is 3. The number of benzene rings is 1. The minimum absolute atomic E-state index is 0.0125. The largest absolute Gasteiger partial charge is 0.356 e. The molecule has 1 heterocycles. The van der Waals surface area contributed by atoms with Crippen molar-refractivity contribution in [1.29, 1.82) is 0 Å². The van der Waals surface area contributed by atoms with Crippen LogP contribution in [-0.2, 0) is 20.0 Å². The van der Waals surface area contributed by atoms with Crippen molar-refractivity contribution >= 4 is 49.1 Å². The maximum Gasteiger partial charge on any atom is 0.246 e. The molecule has 2 rings (SSSR count). The molecule has 11 heteroatoms. The van der Waals surface area contributed by atoms with Gasteiger partial charge in [0.15, 0.2) is 0 Å². The fraction of sp³-hybridized carbons (Fsp3) is 0.467. The van der Waals surface area contributed by atoms with Gasteiger partial charge in [-0.25, -0.2) is 21.1 Å². The number of rotatable bonds is 6. The van der Waals surface area contributed by atoms with Gasteiger partial charge in [0, 0.05) is 39.7 Å². The van der Waals surface area contributed by atoms with Crippen LogP contribution >= 0.6 is 23.4 Å². The molecule has 0 N–H and O–H groups in total. The van der Waals surface area contributed by atoms with Crippen LogP contribution in [0.15, 0.2) is 34.6 Å². The van der Waals surface area contributed by atoms with Gasteiger partial charge in [-0.3, -0.25) is 0 Å². The van der Waals surface area contributed by atoms with Crippen LogP contribution in [0.2, 0.25) is 5.02 Å². The molecule has 0 aliphatic carbocycles. The Morgan fingerprint density at radius 2 is 1.96 bits per heavy atom. The molecule has 1 aliphatic rings.